The zero-order valence-corrected chi connectivity index (χ0v) is 18.0. The second-order valence-corrected chi connectivity index (χ2v) is 8.74. The van der Waals surface area contributed by atoms with Crippen molar-refractivity contribution in [3.8, 4) is 0 Å². The van der Waals surface area contributed by atoms with E-state index < -0.39 is 10.0 Å². The van der Waals surface area contributed by atoms with Crippen LogP contribution in [-0.4, -0.2) is 20.0 Å². The Kier molecular flexibility index (Phi) is 6.54. The number of anilines is 1. The Labute approximate surface area is 180 Å². The summed E-state index contributed by atoms with van der Waals surface area (Å²) < 4.78 is 24.8. The summed E-state index contributed by atoms with van der Waals surface area (Å²) in [4.78, 5) is 14.7. The van der Waals surface area contributed by atoms with Crippen LogP contribution in [0.4, 0.5) is 5.69 Å². The van der Waals surface area contributed by atoms with Gasteiger partial charge in [-0.15, -0.1) is 0 Å². The van der Waals surface area contributed by atoms with Gasteiger partial charge >= 0.3 is 0 Å². The van der Waals surface area contributed by atoms with E-state index in [1.165, 1.54) is 12.1 Å². The summed E-state index contributed by atoms with van der Waals surface area (Å²) in [6, 6.07) is 20.0. The average Bonchev–Trinajstić information content (AvgIpc) is 2.73. The van der Waals surface area contributed by atoms with Crippen LogP contribution in [0.5, 0.6) is 0 Å². The summed E-state index contributed by atoms with van der Waals surface area (Å²) in [5.74, 6) is -0.279. The van der Waals surface area contributed by atoms with Crippen LogP contribution in [0, 0.1) is 6.92 Å². The molecule has 2 N–H and O–H groups in total. The highest BCUT2D eigenvalue weighted by atomic mass is 35.5. The van der Waals surface area contributed by atoms with E-state index in [-0.39, 0.29) is 10.8 Å². The quantitative estimate of drug-likeness (QED) is 0.432. The van der Waals surface area contributed by atoms with Crippen LogP contribution in [0.3, 0.4) is 0 Å². The highest BCUT2D eigenvalue weighted by Gasteiger charge is 2.13. The molecule has 0 aliphatic rings. The Hall–Kier alpha value is -3.16. The van der Waals surface area contributed by atoms with Crippen LogP contribution < -0.4 is 10.1 Å². The number of amides is 1. The van der Waals surface area contributed by atoms with Crippen LogP contribution in [0.2, 0.25) is 5.02 Å². The molecule has 1 amide bonds. The van der Waals surface area contributed by atoms with E-state index in [9.17, 15) is 13.2 Å². The largest absolute Gasteiger partial charge is 0.322 e. The van der Waals surface area contributed by atoms with Gasteiger partial charge in [0.1, 0.15) is 0 Å². The van der Waals surface area contributed by atoms with E-state index in [0.717, 1.165) is 5.56 Å². The molecule has 0 unspecified atom stereocenters. The lowest BCUT2D eigenvalue weighted by atomic mass is 10.1. The normalized spacial score (nSPS) is 11.8. The van der Waals surface area contributed by atoms with Gasteiger partial charge in [-0.25, -0.2) is 0 Å². The summed E-state index contributed by atoms with van der Waals surface area (Å²) in [6.45, 7) is 3.56. The highest BCUT2D eigenvalue weighted by molar-refractivity contribution is 7.89. The number of hydrazone groups is 1. The second kappa shape index (κ2) is 9.11. The Morgan fingerprint density at radius 1 is 0.933 bits per heavy atom. The number of hydrogen-bond donors (Lipinski definition) is 2. The van der Waals surface area contributed by atoms with E-state index in [4.69, 9.17) is 11.6 Å². The minimum atomic E-state index is -3.77. The molecule has 0 aliphatic carbocycles. The molecule has 0 fully saturated rings. The molecular formula is C22H20ClN3O3S. The third-order valence-electron chi connectivity index (χ3n) is 4.31. The van der Waals surface area contributed by atoms with Gasteiger partial charge in [-0.1, -0.05) is 41.4 Å². The smallest absolute Gasteiger partial charge is 0.276 e. The van der Waals surface area contributed by atoms with Crippen molar-refractivity contribution in [2.45, 2.75) is 18.7 Å². The van der Waals surface area contributed by atoms with Gasteiger partial charge in [-0.3, -0.25) is 4.79 Å². The average molecular weight is 442 g/mol. The number of nitrogens with zero attached hydrogens (tertiary/aromatic N) is 1. The van der Waals surface area contributed by atoms with Gasteiger partial charge in [0.15, 0.2) is 0 Å². The van der Waals surface area contributed by atoms with Crippen molar-refractivity contribution in [1.82, 2.24) is 4.83 Å². The summed E-state index contributed by atoms with van der Waals surface area (Å²) in [7, 11) is -3.77. The molecule has 0 aliphatic heterocycles. The summed E-state index contributed by atoms with van der Waals surface area (Å²) >= 11 is 5.85. The van der Waals surface area contributed by atoms with Crippen molar-refractivity contribution in [2.75, 3.05) is 5.32 Å². The second-order valence-electron chi connectivity index (χ2n) is 6.65. The Morgan fingerprint density at radius 2 is 1.60 bits per heavy atom. The van der Waals surface area contributed by atoms with Gasteiger partial charge in [0.2, 0.25) is 0 Å². The molecule has 3 rings (SSSR count). The van der Waals surface area contributed by atoms with Crippen LogP contribution in [0.15, 0.2) is 82.8 Å². The number of carbonyl (C=O) groups is 1. The van der Waals surface area contributed by atoms with Gasteiger partial charge in [0.05, 0.1) is 10.6 Å². The third kappa shape index (κ3) is 5.46. The number of sulfonamides is 1. The first-order valence-corrected chi connectivity index (χ1v) is 10.9. The Morgan fingerprint density at radius 3 is 2.27 bits per heavy atom. The maximum atomic E-state index is 12.4. The minimum absolute atomic E-state index is 0.133. The molecule has 6 nitrogen and oxygen atoms in total. The molecule has 0 radical (unpaired) electrons. The van der Waals surface area contributed by atoms with E-state index in [0.29, 0.717) is 27.5 Å². The van der Waals surface area contributed by atoms with Gasteiger partial charge in [0, 0.05) is 16.3 Å². The fraction of sp³-hybridized carbons (Fsp3) is 0.0909. The molecule has 154 valence electrons. The first-order valence-electron chi connectivity index (χ1n) is 9.05. The van der Waals surface area contributed by atoms with Crippen LogP contribution in [-0.2, 0) is 10.0 Å². The fourth-order valence-electron chi connectivity index (χ4n) is 2.59. The molecular weight excluding hydrogens is 422 g/mol. The number of carbonyl (C=O) groups excluding carboxylic acids is 1. The van der Waals surface area contributed by atoms with Crippen LogP contribution in [0.1, 0.15) is 28.4 Å². The molecule has 0 heterocycles. The summed E-state index contributed by atoms with van der Waals surface area (Å²) in [5, 5.41) is 7.35. The van der Waals surface area contributed by atoms with Crippen molar-refractivity contribution in [3.63, 3.8) is 0 Å². The maximum Gasteiger partial charge on any atom is 0.276 e. The van der Waals surface area contributed by atoms with E-state index in [1.54, 1.807) is 67.6 Å². The molecule has 30 heavy (non-hydrogen) atoms. The van der Waals surface area contributed by atoms with Crippen molar-refractivity contribution >= 4 is 38.9 Å². The van der Waals surface area contributed by atoms with E-state index in [1.807, 2.05) is 6.92 Å². The molecule has 0 saturated heterocycles. The van der Waals surface area contributed by atoms with Gasteiger partial charge in [-0.05, 0) is 67.9 Å². The van der Waals surface area contributed by atoms with Crippen molar-refractivity contribution < 1.29 is 13.2 Å². The molecule has 3 aromatic rings. The maximum absolute atomic E-state index is 12.4. The monoisotopic (exact) mass is 441 g/mol. The standard InChI is InChI=1S/C22H20ClN3O3S/c1-15-6-12-21(13-7-15)30(28,29)26-25-16(2)18-4-3-5-20(14-18)24-22(27)17-8-10-19(23)11-9-17/h3-14,26H,1-2H3,(H,24,27)/b25-16-. The lowest BCUT2D eigenvalue weighted by Crippen LogP contribution is -2.20. The summed E-state index contributed by atoms with van der Waals surface area (Å²) in [5.41, 5.74) is 3.11. The predicted molar refractivity (Wildman–Crippen MR) is 120 cm³/mol. The van der Waals surface area contributed by atoms with Crippen molar-refractivity contribution in [2.24, 2.45) is 5.10 Å². The first kappa shape index (κ1) is 21.5. The van der Waals surface area contributed by atoms with Crippen molar-refractivity contribution in [3.05, 3.63) is 94.5 Å². The van der Waals surface area contributed by atoms with Crippen LogP contribution >= 0.6 is 11.6 Å². The SMILES string of the molecule is C/C(=N/NS(=O)(=O)c1ccc(C)cc1)c1cccc(NC(=O)c2ccc(Cl)cc2)c1. The zero-order valence-electron chi connectivity index (χ0n) is 16.4. The molecule has 0 aromatic heterocycles. The number of rotatable bonds is 6. The van der Waals surface area contributed by atoms with Gasteiger partial charge in [0.25, 0.3) is 15.9 Å². The Bertz CT molecular complexity index is 1190. The van der Waals surface area contributed by atoms with E-state index in [2.05, 4.69) is 15.2 Å². The zero-order chi connectivity index (χ0) is 21.7. The molecule has 0 atom stereocenters. The number of aryl methyl sites for hydroxylation is 1. The minimum Gasteiger partial charge on any atom is -0.322 e. The molecule has 0 spiro atoms. The predicted octanol–water partition coefficient (Wildman–Crippen LogP) is 4.60. The van der Waals surface area contributed by atoms with Crippen molar-refractivity contribution in [1.29, 1.82) is 0 Å². The Balaban J connectivity index is 1.73. The molecule has 0 saturated carbocycles. The number of halogens is 1. The molecule has 8 heteroatoms. The third-order valence-corrected chi connectivity index (χ3v) is 5.79. The number of benzene rings is 3. The van der Waals surface area contributed by atoms with Gasteiger partial charge < -0.3 is 5.32 Å². The molecule has 3 aromatic carbocycles. The van der Waals surface area contributed by atoms with Gasteiger partial charge in [-0.2, -0.15) is 18.4 Å². The summed E-state index contributed by atoms with van der Waals surface area (Å²) in [6.07, 6.45) is 0. The topological polar surface area (TPSA) is 87.6 Å². The van der Waals surface area contributed by atoms with E-state index >= 15 is 0 Å². The first-order chi connectivity index (χ1) is 14.2. The lowest BCUT2D eigenvalue weighted by molar-refractivity contribution is 0.102. The number of hydrogen-bond acceptors (Lipinski definition) is 4. The van der Waals surface area contributed by atoms with Crippen LogP contribution in [0.25, 0.3) is 0 Å². The fourth-order valence-corrected chi connectivity index (χ4v) is 3.57. The molecule has 0 bridgehead atoms. The number of nitrogens with one attached hydrogen (secondary N) is 2. The highest BCUT2D eigenvalue weighted by Crippen LogP contribution is 2.15. The lowest BCUT2D eigenvalue weighted by Gasteiger charge is -2.09.